The molecule has 0 bridgehead atoms. The molecule has 0 aromatic heterocycles. The van der Waals surface area contributed by atoms with Crippen LogP contribution in [0.5, 0.6) is 0 Å². The van der Waals surface area contributed by atoms with Gasteiger partial charge in [0.05, 0.1) is 0 Å². The van der Waals surface area contributed by atoms with Crippen LogP contribution in [-0.4, -0.2) is 6.41 Å². The van der Waals surface area contributed by atoms with E-state index in [4.69, 9.17) is 0 Å². The first kappa shape index (κ1) is 55.5. The minimum Gasteiger partial charge on any atom is -0.126 e. The molecular weight excluding hydrogens is 1050 g/mol. The zero-order valence-corrected chi connectivity index (χ0v) is 46.7. The molecular formula is C66H56Cl2Zr2-2. The summed E-state index contributed by atoms with van der Waals surface area (Å²) >= 11 is 2.92. The number of benzene rings is 8. The third-order valence-electron chi connectivity index (χ3n) is 11.5. The predicted molar refractivity (Wildman–Crippen MR) is 288 cm³/mol. The van der Waals surface area contributed by atoms with Crippen LogP contribution >= 0.6 is 0 Å². The van der Waals surface area contributed by atoms with Crippen molar-refractivity contribution in [3.05, 3.63) is 299 Å². The van der Waals surface area contributed by atoms with Gasteiger partial charge in [0, 0.05) is 0 Å². The fourth-order valence-corrected chi connectivity index (χ4v) is 9.70. The summed E-state index contributed by atoms with van der Waals surface area (Å²) in [6.07, 6.45) is 12.8. The Morgan fingerprint density at radius 1 is 0.329 bits per heavy atom. The van der Waals surface area contributed by atoms with Gasteiger partial charge >= 0.3 is 198 Å². The van der Waals surface area contributed by atoms with Crippen molar-refractivity contribution in [3.8, 4) is 0 Å². The van der Waals surface area contributed by atoms with Crippen LogP contribution in [0.2, 0.25) is 0 Å². The standard InChI is InChI=1S/2C13H9.2C13H10.2C7H9.2ClH.2Zr/c2*1-3-7-12-10(5-1)9-11-6-2-4-8-13(11)12;2*1-3-7-12(8-4-1)11-13-9-5-2-6-10-13;2*1-6-3-4-7(2)5-6;;;;/h2*1-9H;2*1-10H;2*5H,3H2,1-2H3;2*1H;;/q2*-1;;;2*-1;;;2*+2/p-2. The first-order chi connectivity index (χ1) is 33.2. The van der Waals surface area contributed by atoms with Gasteiger partial charge in [-0.2, -0.15) is 11.1 Å². The Hall–Kier alpha value is -5.45. The number of allylic oxidation sites excluding steroid dienone is 8. The molecule has 0 saturated heterocycles. The Bertz CT molecular complexity index is 2920. The number of hydrogen-bond donors (Lipinski definition) is 0. The zero-order valence-electron chi connectivity index (χ0n) is 40.3. The van der Waals surface area contributed by atoms with E-state index in [9.17, 15) is 0 Å². The summed E-state index contributed by atoms with van der Waals surface area (Å²) < 4.78 is 2.83. The Labute approximate surface area is 458 Å². The van der Waals surface area contributed by atoms with Crippen molar-refractivity contribution in [2.45, 2.75) is 40.5 Å². The molecule has 0 unspecified atom stereocenters. The van der Waals surface area contributed by atoms with E-state index in [1.165, 1.54) is 143 Å². The fraction of sp³-hybridized carbons (Fsp3) is 0.0909. The summed E-state index contributed by atoms with van der Waals surface area (Å²) in [7, 11) is 0. The molecule has 2 aliphatic rings. The van der Waals surface area contributed by atoms with Crippen LogP contribution in [0.15, 0.2) is 265 Å². The van der Waals surface area contributed by atoms with Gasteiger partial charge in [-0.15, -0.1) is 92.3 Å². The molecule has 70 heavy (non-hydrogen) atoms. The van der Waals surface area contributed by atoms with Gasteiger partial charge in [0.15, 0.2) is 0 Å². The quantitative estimate of drug-likeness (QED) is 0.154. The molecule has 2 aliphatic carbocycles. The molecule has 0 aliphatic heterocycles. The molecule has 4 heteroatoms. The molecule has 0 atom stereocenters. The topological polar surface area (TPSA) is 0 Å². The first-order valence-corrected chi connectivity index (χ1v) is 25.6. The third kappa shape index (κ3) is 16.3. The molecule has 0 amide bonds. The number of hydrogen-bond acceptors (Lipinski definition) is 0. The van der Waals surface area contributed by atoms with Gasteiger partial charge in [-0.3, -0.25) is 12.2 Å². The van der Waals surface area contributed by atoms with Crippen molar-refractivity contribution in [2.24, 2.45) is 0 Å². The summed E-state index contributed by atoms with van der Waals surface area (Å²) in [6, 6.07) is 80.8. The van der Waals surface area contributed by atoms with E-state index in [0.717, 1.165) is 12.8 Å². The predicted octanol–water partition coefficient (Wildman–Crippen LogP) is 11.2. The third-order valence-corrected chi connectivity index (χ3v) is 14.4. The van der Waals surface area contributed by atoms with Crippen molar-refractivity contribution in [1.82, 2.24) is 0 Å². The van der Waals surface area contributed by atoms with Crippen molar-refractivity contribution in [3.63, 3.8) is 0 Å². The monoisotopic (exact) mass is 1100 g/mol. The SMILES string of the molecule is CC1=[C-]CC(C)=C1.CC1=[C-]CC(C)=C1.[Cl-].[Cl-].[Zr+2]=[C](c1ccccc1)c1ccccc1.[Zr+2]=[C](c1ccccc1)c1ccccc1.c1ccc2c(c1)[cH-]c1ccccc12.c1ccc2c(c1)[cH-]c1ccccc12. The van der Waals surface area contributed by atoms with Gasteiger partial charge in [0.25, 0.3) is 0 Å². The Kier molecular flexibility index (Phi) is 23.0. The van der Waals surface area contributed by atoms with Crippen LogP contribution in [0.25, 0.3) is 43.1 Å². The van der Waals surface area contributed by atoms with Crippen molar-refractivity contribution >= 4 is 49.5 Å². The van der Waals surface area contributed by atoms with Gasteiger partial charge in [0.1, 0.15) is 0 Å². The molecule has 0 fully saturated rings. The Morgan fingerprint density at radius 2 is 0.543 bits per heavy atom. The fourth-order valence-electron chi connectivity index (χ4n) is 8.06. The summed E-state index contributed by atoms with van der Waals surface area (Å²) in [6.45, 7) is 8.42. The first-order valence-electron chi connectivity index (χ1n) is 23.2. The molecule has 10 aromatic carbocycles. The number of fused-ring (bicyclic) bond motifs is 6. The van der Waals surface area contributed by atoms with Crippen LogP contribution in [0, 0.1) is 12.2 Å². The molecule has 344 valence electrons. The van der Waals surface area contributed by atoms with Gasteiger partial charge in [-0.1, -0.05) is 100 Å². The van der Waals surface area contributed by atoms with Gasteiger partial charge in [-0.25, -0.2) is 23.3 Å². The van der Waals surface area contributed by atoms with Crippen LogP contribution in [-0.2, 0) is 48.5 Å². The normalized spacial score (nSPS) is 11.9. The number of rotatable bonds is 4. The maximum absolute atomic E-state index is 3.19. The molecule has 0 N–H and O–H groups in total. The number of halogens is 2. The molecule has 10 aromatic rings. The van der Waals surface area contributed by atoms with Gasteiger partial charge in [-0.05, 0) is 0 Å². The van der Waals surface area contributed by atoms with E-state index >= 15 is 0 Å². The van der Waals surface area contributed by atoms with E-state index in [1.807, 2.05) is 0 Å². The second kappa shape index (κ2) is 29.0. The van der Waals surface area contributed by atoms with Crippen LogP contribution in [0.1, 0.15) is 62.8 Å². The molecule has 0 spiro atoms. The molecule has 12 rings (SSSR count). The van der Waals surface area contributed by atoms with E-state index < -0.39 is 0 Å². The largest absolute Gasteiger partial charge is 0.126 e. The maximum Gasteiger partial charge on any atom is -0.0771 e. The van der Waals surface area contributed by atoms with Gasteiger partial charge < -0.3 is 24.8 Å². The van der Waals surface area contributed by atoms with Crippen molar-refractivity contribution in [1.29, 1.82) is 0 Å². The minimum atomic E-state index is 0. The van der Waals surface area contributed by atoms with E-state index in [2.05, 4.69) is 283 Å². The smallest absolute Gasteiger partial charge is 0.0771 e. The van der Waals surface area contributed by atoms with E-state index in [-0.39, 0.29) is 24.8 Å². The summed E-state index contributed by atoms with van der Waals surface area (Å²) in [5.74, 6) is 0. The van der Waals surface area contributed by atoms with Crippen LogP contribution < -0.4 is 24.8 Å². The molecule has 0 nitrogen and oxygen atoms in total. The van der Waals surface area contributed by atoms with Crippen molar-refractivity contribution in [2.75, 3.05) is 0 Å². The van der Waals surface area contributed by atoms with Crippen LogP contribution in [0.4, 0.5) is 0 Å². The molecule has 0 saturated carbocycles. The summed E-state index contributed by atoms with van der Waals surface area (Å²) in [5, 5.41) is 10.8. The maximum atomic E-state index is 3.19. The molecule has 0 radical (unpaired) electrons. The average molecular weight is 1100 g/mol. The van der Waals surface area contributed by atoms with Crippen LogP contribution in [0.3, 0.4) is 0 Å². The zero-order chi connectivity index (χ0) is 47.5. The van der Waals surface area contributed by atoms with Crippen molar-refractivity contribution < 1.29 is 73.3 Å². The summed E-state index contributed by atoms with van der Waals surface area (Å²) in [5.41, 5.74) is 10.8. The second-order valence-corrected chi connectivity index (χ2v) is 19.4. The Morgan fingerprint density at radius 3 is 0.729 bits per heavy atom. The Balaban J connectivity index is 0.000000158. The minimum absolute atomic E-state index is 0. The molecule has 0 heterocycles. The van der Waals surface area contributed by atoms with Gasteiger partial charge in [0.2, 0.25) is 0 Å². The van der Waals surface area contributed by atoms with E-state index in [1.54, 1.807) is 0 Å². The van der Waals surface area contributed by atoms with E-state index in [0.29, 0.717) is 0 Å². The average Bonchev–Trinajstić information content (AvgIpc) is 4.19. The summed E-state index contributed by atoms with van der Waals surface area (Å²) in [4.78, 5) is 0. The second-order valence-electron chi connectivity index (χ2n) is 16.9.